The van der Waals surface area contributed by atoms with E-state index in [1.807, 2.05) is 13.0 Å². The van der Waals surface area contributed by atoms with E-state index in [1.165, 1.54) is 0 Å². The van der Waals surface area contributed by atoms with Crippen molar-refractivity contribution < 1.29 is 4.74 Å². The predicted octanol–water partition coefficient (Wildman–Crippen LogP) is 5.25. The predicted molar refractivity (Wildman–Crippen MR) is 84.8 cm³/mol. The minimum absolute atomic E-state index is 0.0698. The summed E-state index contributed by atoms with van der Waals surface area (Å²) < 4.78 is 5.68. The van der Waals surface area contributed by atoms with Crippen molar-refractivity contribution in [1.82, 2.24) is 0 Å². The van der Waals surface area contributed by atoms with Gasteiger partial charge in [-0.2, -0.15) is 0 Å². The standard InChI is InChI=1S/C15H14Cl3NO/c1-9(19)10-5-6-15(14(18)7-10)20-8-11-12(16)3-2-4-13(11)17/h2-7,9H,8,19H2,1H3/t9-/m1/s1. The van der Waals surface area contributed by atoms with Crippen molar-refractivity contribution in [2.45, 2.75) is 19.6 Å². The Kier molecular flexibility index (Phi) is 5.17. The van der Waals surface area contributed by atoms with Crippen LogP contribution in [-0.4, -0.2) is 0 Å². The molecule has 2 aromatic carbocycles. The number of ether oxygens (including phenoxy) is 1. The lowest BCUT2D eigenvalue weighted by molar-refractivity contribution is 0.306. The number of nitrogens with two attached hydrogens (primary N) is 1. The largest absolute Gasteiger partial charge is 0.487 e. The fourth-order valence-electron chi connectivity index (χ4n) is 1.74. The molecule has 0 aliphatic rings. The van der Waals surface area contributed by atoms with Gasteiger partial charge in [0.25, 0.3) is 0 Å². The van der Waals surface area contributed by atoms with Crippen LogP contribution in [-0.2, 0) is 6.61 Å². The van der Waals surface area contributed by atoms with Crippen molar-refractivity contribution >= 4 is 34.8 Å². The molecule has 5 heteroatoms. The molecule has 0 radical (unpaired) electrons. The lowest BCUT2D eigenvalue weighted by Crippen LogP contribution is -2.05. The molecule has 20 heavy (non-hydrogen) atoms. The van der Waals surface area contributed by atoms with Crippen LogP contribution in [0.4, 0.5) is 0 Å². The molecule has 0 fully saturated rings. The fourth-order valence-corrected chi connectivity index (χ4v) is 2.49. The van der Waals surface area contributed by atoms with E-state index in [-0.39, 0.29) is 12.6 Å². The maximum absolute atomic E-state index is 6.17. The Morgan fingerprint density at radius 1 is 1.05 bits per heavy atom. The maximum Gasteiger partial charge on any atom is 0.138 e. The van der Waals surface area contributed by atoms with Gasteiger partial charge in [0.05, 0.1) is 5.02 Å². The molecule has 106 valence electrons. The zero-order valence-corrected chi connectivity index (χ0v) is 13.1. The zero-order chi connectivity index (χ0) is 14.7. The first-order valence-electron chi connectivity index (χ1n) is 6.09. The Labute approximate surface area is 133 Å². The van der Waals surface area contributed by atoms with Crippen LogP contribution in [0.1, 0.15) is 24.1 Å². The van der Waals surface area contributed by atoms with Crippen molar-refractivity contribution in [2.75, 3.05) is 0 Å². The average Bonchev–Trinajstić information content (AvgIpc) is 2.39. The van der Waals surface area contributed by atoms with Gasteiger partial charge >= 0.3 is 0 Å². The number of hydrogen-bond donors (Lipinski definition) is 1. The Bertz CT molecular complexity index is 594. The van der Waals surface area contributed by atoms with Crippen molar-refractivity contribution in [3.8, 4) is 5.75 Å². The smallest absolute Gasteiger partial charge is 0.138 e. The second-order valence-electron chi connectivity index (χ2n) is 4.47. The molecule has 2 rings (SSSR count). The number of halogens is 3. The highest BCUT2D eigenvalue weighted by Gasteiger charge is 2.09. The van der Waals surface area contributed by atoms with Crippen LogP contribution in [0.25, 0.3) is 0 Å². The second-order valence-corrected chi connectivity index (χ2v) is 5.69. The molecule has 0 saturated heterocycles. The molecule has 0 bridgehead atoms. The minimum atomic E-state index is -0.0698. The Morgan fingerprint density at radius 3 is 2.25 bits per heavy atom. The summed E-state index contributed by atoms with van der Waals surface area (Å²) in [7, 11) is 0. The van der Waals surface area contributed by atoms with E-state index < -0.39 is 0 Å². The highest BCUT2D eigenvalue weighted by molar-refractivity contribution is 6.36. The second kappa shape index (κ2) is 6.68. The molecule has 0 aliphatic heterocycles. The quantitative estimate of drug-likeness (QED) is 0.831. The van der Waals surface area contributed by atoms with E-state index in [4.69, 9.17) is 45.3 Å². The number of hydrogen-bond acceptors (Lipinski definition) is 2. The molecule has 2 N–H and O–H groups in total. The zero-order valence-electron chi connectivity index (χ0n) is 10.9. The third-order valence-corrected chi connectivity index (χ3v) is 3.92. The van der Waals surface area contributed by atoms with Crippen LogP contribution < -0.4 is 10.5 Å². The molecule has 2 aromatic rings. The van der Waals surface area contributed by atoms with Crippen LogP contribution in [0.3, 0.4) is 0 Å². The Balaban J connectivity index is 2.15. The number of benzene rings is 2. The van der Waals surface area contributed by atoms with E-state index in [0.717, 1.165) is 11.1 Å². The maximum atomic E-state index is 6.17. The molecule has 1 atom stereocenters. The summed E-state index contributed by atoms with van der Waals surface area (Å²) >= 11 is 18.3. The molecule has 0 spiro atoms. The van der Waals surface area contributed by atoms with Gasteiger partial charge < -0.3 is 10.5 Å². The summed E-state index contributed by atoms with van der Waals surface area (Å²) in [4.78, 5) is 0. The van der Waals surface area contributed by atoms with Crippen LogP contribution >= 0.6 is 34.8 Å². The van der Waals surface area contributed by atoms with Gasteiger partial charge in [0.1, 0.15) is 12.4 Å². The Morgan fingerprint density at radius 2 is 1.70 bits per heavy atom. The van der Waals surface area contributed by atoms with Crippen molar-refractivity contribution in [3.63, 3.8) is 0 Å². The summed E-state index contributed by atoms with van der Waals surface area (Å²) in [6.07, 6.45) is 0. The van der Waals surface area contributed by atoms with Gasteiger partial charge in [-0.1, -0.05) is 46.9 Å². The molecule has 2 nitrogen and oxygen atoms in total. The topological polar surface area (TPSA) is 35.2 Å². The van der Waals surface area contributed by atoms with Crippen molar-refractivity contribution in [3.05, 3.63) is 62.6 Å². The van der Waals surface area contributed by atoms with Gasteiger partial charge in [0.15, 0.2) is 0 Å². The van der Waals surface area contributed by atoms with Gasteiger partial charge in [0.2, 0.25) is 0 Å². The first kappa shape index (κ1) is 15.5. The third-order valence-electron chi connectivity index (χ3n) is 2.92. The summed E-state index contributed by atoms with van der Waals surface area (Å²) in [5, 5.41) is 1.66. The molecular weight excluding hydrogens is 317 g/mol. The fraction of sp³-hybridized carbons (Fsp3) is 0.200. The number of rotatable bonds is 4. The van der Waals surface area contributed by atoms with Gasteiger partial charge in [-0.25, -0.2) is 0 Å². The normalized spacial score (nSPS) is 12.2. The lowest BCUT2D eigenvalue weighted by Gasteiger charge is -2.12. The summed E-state index contributed by atoms with van der Waals surface area (Å²) in [6.45, 7) is 2.16. The van der Waals surface area contributed by atoms with Gasteiger partial charge in [-0.15, -0.1) is 0 Å². The summed E-state index contributed by atoms with van der Waals surface area (Å²) in [5.74, 6) is 0.576. The minimum Gasteiger partial charge on any atom is -0.487 e. The van der Waals surface area contributed by atoms with Gasteiger partial charge in [0, 0.05) is 21.7 Å². The van der Waals surface area contributed by atoms with E-state index in [9.17, 15) is 0 Å². The summed E-state index contributed by atoms with van der Waals surface area (Å²) in [5.41, 5.74) is 7.50. The molecule has 0 aromatic heterocycles. The van der Waals surface area contributed by atoms with E-state index in [2.05, 4.69) is 0 Å². The molecular formula is C15H14Cl3NO. The first-order valence-corrected chi connectivity index (χ1v) is 7.23. The first-order chi connectivity index (χ1) is 9.49. The third kappa shape index (κ3) is 3.58. The van der Waals surface area contributed by atoms with E-state index in [1.54, 1.807) is 30.3 Å². The monoisotopic (exact) mass is 329 g/mol. The van der Waals surface area contributed by atoms with Crippen molar-refractivity contribution in [1.29, 1.82) is 0 Å². The van der Waals surface area contributed by atoms with Gasteiger partial charge in [-0.05, 0) is 36.8 Å². The van der Waals surface area contributed by atoms with Crippen LogP contribution in [0.15, 0.2) is 36.4 Å². The van der Waals surface area contributed by atoms with Crippen LogP contribution in [0, 0.1) is 0 Å². The molecule has 0 unspecified atom stereocenters. The molecule has 0 amide bonds. The Hall–Kier alpha value is -0.930. The van der Waals surface area contributed by atoms with Crippen LogP contribution in [0.5, 0.6) is 5.75 Å². The highest BCUT2D eigenvalue weighted by Crippen LogP contribution is 2.30. The molecule has 0 heterocycles. The summed E-state index contributed by atoms with van der Waals surface area (Å²) in [6, 6.07) is 10.7. The van der Waals surface area contributed by atoms with Gasteiger partial charge in [-0.3, -0.25) is 0 Å². The van der Waals surface area contributed by atoms with E-state index >= 15 is 0 Å². The lowest BCUT2D eigenvalue weighted by atomic mass is 10.1. The van der Waals surface area contributed by atoms with Crippen molar-refractivity contribution in [2.24, 2.45) is 5.73 Å². The van der Waals surface area contributed by atoms with Crippen LogP contribution in [0.2, 0.25) is 15.1 Å². The molecule has 0 saturated carbocycles. The highest BCUT2D eigenvalue weighted by atomic mass is 35.5. The molecule has 0 aliphatic carbocycles. The average molecular weight is 331 g/mol. The van der Waals surface area contributed by atoms with E-state index in [0.29, 0.717) is 20.8 Å². The SMILES string of the molecule is C[C@@H](N)c1ccc(OCc2c(Cl)cccc2Cl)c(Cl)c1.